The number of thiophene rings is 1. The molecular weight excluding hydrogens is 287 g/mol. The van der Waals surface area contributed by atoms with Gasteiger partial charge in [-0.15, -0.1) is 11.3 Å². The summed E-state index contributed by atoms with van der Waals surface area (Å²) < 4.78 is 13.0. The second-order valence-corrected chi connectivity index (χ2v) is 6.43. The monoisotopic (exact) mass is 304 g/mol. The summed E-state index contributed by atoms with van der Waals surface area (Å²) in [5.41, 5.74) is 7.05. The molecular formula is C16H17FN2OS. The number of nitrogens with zero attached hydrogens (tertiary/aromatic N) is 1. The van der Waals surface area contributed by atoms with Crippen molar-refractivity contribution in [1.29, 1.82) is 0 Å². The normalized spacial score (nSPS) is 19.0. The summed E-state index contributed by atoms with van der Waals surface area (Å²) in [6.45, 7) is 2.83. The minimum absolute atomic E-state index is 0.189. The molecule has 3 nitrogen and oxygen atoms in total. The molecule has 1 unspecified atom stereocenters. The predicted molar refractivity (Wildman–Crippen MR) is 81.9 cm³/mol. The van der Waals surface area contributed by atoms with Crippen molar-refractivity contribution < 1.29 is 9.18 Å². The molecule has 1 atom stereocenters. The van der Waals surface area contributed by atoms with Crippen molar-refractivity contribution in [1.82, 2.24) is 4.90 Å². The summed E-state index contributed by atoms with van der Waals surface area (Å²) in [5.74, 6) is -0.101. The SMILES string of the molecule is NC(=O)c1csc(CN2CCC(c3ccc(F)cc3)C2)c1. The van der Waals surface area contributed by atoms with Crippen LogP contribution in [0, 0.1) is 5.82 Å². The van der Waals surface area contributed by atoms with Crippen molar-refractivity contribution in [3.63, 3.8) is 0 Å². The number of halogens is 1. The van der Waals surface area contributed by atoms with Crippen LogP contribution in [-0.4, -0.2) is 23.9 Å². The van der Waals surface area contributed by atoms with Crippen LogP contribution in [0.3, 0.4) is 0 Å². The zero-order valence-electron chi connectivity index (χ0n) is 11.6. The van der Waals surface area contributed by atoms with Crippen molar-refractivity contribution in [2.24, 2.45) is 5.73 Å². The van der Waals surface area contributed by atoms with Gasteiger partial charge >= 0.3 is 0 Å². The largest absolute Gasteiger partial charge is 0.366 e. The highest BCUT2D eigenvalue weighted by Crippen LogP contribution is 2.29. The van der Waals surface area contributed by atoms with Gasteiger partial charge in [-0.3, -0.25) is 9.69 Å². The number of hydrogen-bond acceptors (Lipinski definition) is 3. The van der Waals surface area contributed by atoms with Crippen molar-refractivity contribution in [2.45, 2.75) is 18.9 Å². The molecule has 1 aliphatic heterocycles. The van der Waals surface area contributed by atoms with Crippen molar-refractivity contribution in [3.8, 4) is 0 Å². The van der Waals surface area contributed by atoms with E-state index in [0.717, 1.165) is 30.9 Å². The fraction of sp³-hybridized carbons (Fsp3) is 0.312. The topological polar surface area (TPSA) is 46.3 Å². The molecule has 0 saturated carbocycles. The maximum Gasteiger partial charge on any atom is 0.249 e. The minimum atomic E-state index is -0.372. The van der Waals surface area contributed by atoms with Gasteiger partial charge in [0.25, 0.3) is 0 Å². The summed E-state index contributed by atoms with van der Waals surface area (Å²) in [6, 6.07) is 8.67. The predicted octanol–water partition coefficient (Wildman–Crippen LogP) is 2.98. The molecule has 0 spiro atoms. The zero-order chi connectivity index (χ0) is 14.8. The summed E-state index contributed by atoms with van der Waals surface area (Å²) in [7, 11) is 0. The molecule has 2 aromatic rings. The second-order valence-electron chi connectivity index (χ2n) is 5.44. The van der Waals surface area contributed by atoms with Crippen LogP contribution < -0.4 is 5.73 Å². The number of hydrogen-bond donors (Lipinski definition) is 1. The minimum Gasteiger partial charge on any atom is -0.366 e. The van der Waals surface area contributed by atoms with Crippen molar-refractivity contribution in [3.05, 3.63) is 57.5 Å². The molecule has 1 fully saturated rings. The Morgan fingerprint density at radius 2 is 2.14 bits per heavy atom. The van der Waals surface area contributed by atoms with Gasteiger partial charge in [-0.25, -0.2) is 4.39 Å². The van der Waals surface area contributed by atoms with Gasteiger partial charge in [0, 0.05) is 23.3 Å². The molecule has 1 aromatic carbocycles. The molecule has 1 aromatic heterocycles. The highest BCUT2D eigenvalue weighted by atomic mass is 32.1. The van der Waals surface area contributed by atoms with Crippen LogP contribution in [0.5, 0.6) is 0 Å². The van der Waals surface area contributed by atoms with Gasteiger partial charge in [0.15, 0.2) is 0 Å². The van der Waals surface area contributed by atoms with E-state index in [1.165, 1.54) is 17.7 Å². The third-order valence-electron chi connectivity index (χ3n) is 3.93. The molecule has 2 heterocycles. The Hall–Kier alpha value is -1.72. The van der Waals surface area contributed by atoms with E-state index in [4.69, 9.17) is 5.73 Å². The average Bonchev–Trinajstić information content (AvgIpc) is 3.10. The number of benzene rings is 1. The molecule has 0 radical (unpaired) electrons. The molecule has 0 aliphatic carbocycles. The molecule has 110 valence electrons. The number of rotatable bonds is 4. The maximum absolute atomic E-state index is 13.0. The fourth-order valence-electron chi connectivity index (χ4n) is 2.80. The first-order chi connectivity index (χ1) is 10.1. The Labute approximate surface area is 127 Å². The summed E-state index contributed by atoms with van der Waals surface area (Å²) in [6.07, 6.45) is 1.08. The van der Waals surface area contributed by atoms with Crippen LogP contribution in [0.4, 0.5) is 4.39 Å². The average molecular weight is 304 g/mol. The molecule has 2 N–H and O–H groups in total. The number of likely N-dealkylation sites (tertiary alicyclic amines) is 1. The zero-order valence-corrected chi connectivity index (χ0v) is 12.4. The first-order valence-corrected chi connectivity index (χ1v) is 7.85. The molecule has 5 heteroatoms. The number of carbonyl (C=O) groups excluding carboxylic acids is 1. The van der Waals surface area contributed by atoms with E-state index in [1.807, 2.05) is 23.6 Å². The second kappa shape index (κ2) is 5.95. The van der Waals surface area contributed by atoms with Crippen molar-refractivity contribution in [2.75, 3.05) is 13.1 Å². The first-order valence-electron chi connectivity index (χ1n) is 6.97. The molecule has 1 saturated heterocycles. The van der Waals surface area contributed by atoms with E-state index >= 15 is 0 Å². The summed E-state index contributed by atoms with van der Waals surface area (Å²) in [5, 5.41) is 1.81. The van der Waals surface area contributed by atoms with E-state index in [9.17, 15) is 9.18 Å². The molecule has 0 bridgehead atoms. The number of carbonyl (C=O) groups is 1. The molecule has 1 aliphatic rings. The quantitative estimate of drug-likeness (QED) is 0.944. The van der Waals surface area contributed by atoms with Gasteiger partial charge in [0.2, 0.25) is 5.91 Å². The number of nitrogens with two attached hydrogens (primary N) is 1. The lowest BCUT2D eigenvalue weighted by atomic mass is 9.99. The van der Waals surface area contributed by atoms with Gasteiger partial charge in [0.05, 0.1) is 5.56 Å². The lowest BCUT2D eigenvalue weighted by molar-refractivity contribution is 0.100. The van der Waals surface area contributed by atoms with E-state index in [1.54, 1.807) is 11.3 Å². The van der Waals surface area contributed by atoms with E-state index < -0.39 is 0 Å². The standard InChI is InChI=1S/C16H17FN2OS/c17-14-3-1-11(2-4-14)12-5-6-19(8-12)9-15-7-13(10-21-15)16(18)20/h1-4,7,10,12H,5-6,8-9H2,(H2,18,20). The van der Waals surface area contributed by atoms with Crippen LogP contribution in [-0.2, 0) is 6.54 Å². The molecule has 1 amide bonds. The van der Waals surface area contributed by atoms with Crippen LogP contribution >= 0.6 is 11.3 Å². The van der Waals surface area contributed by atoms with Gasteiger partial charge < -0.3 is 5.73 Å². The van der Waals surface area contributed by atoms with E-state index in [-0.39, 0.29) is 11.7 Å². The van der Waals surface area contributed by atoms with Gasteiger partial charge in [-0.2, -0.15) is 0 Å². The van der Waals surface area contributed by atoms with Crippen LogP contribution in [0.15, 0.2) is 35.7 Å². The maximum atomic E-state index is 13.0. The third-order valence-corrected chi connectivity index (χ3v) is 4.85. The summed E-state index contributed by atoms with van der Waals surface area (Å²) >= 11 is 1.57. The van der Waals surface area contributed by atoms with E-state index in [0.29, 0.717) is 11.5 Å². The van der Waals surface area contributed by atoms with E-state index in [2.05, 4.69) is 4.90 Å². The molecule has 21 heavy (non-hydrogen) atoms. The Morgan fingerprint density at radius 1 is 1.38 bits per heavy atom. The van der Waals surface area contributed by atoms with Gasteiger partial charge in [-0.05, 0) is 42.6 Å². The van der Waals surface area contributed by atoms with Crippen LogP contribution in [0.25, 0.3) is 0 Å². The third kappa shape index (κ3) is 3.31. The Kier molecular flexibility index (Phi) is 4.03. The van der Waals surface area contributed by atoms with Crippen LogP contribution in [0.1, 0.15) is 33.1 Å². The smallest absolute Gasteiger partial charge is 0.249 e. The highest BCUT2D eigenvalue weighted by molar-refractivity contribution is 7.10. The van der Waals surface area contributed by atoms with Gasteiger partial charge in [0.1, 0.15) is 5.82 Å². The highest BCUT2D eigenvalue weighted by Gasteiger charge is 2.24. The fourth-order valence-corrected chi connectivity index (χ4v) is 3.71. The van der Waals surface area contributed by atoms with Crippen molar-refractivity contribution >= 4 is 17.2 Å². The van der Waals surface area contributed by atoms with Gasteiger partial charge in [-0.1, -0.05) is 12.1 Å². The lowest BCUT2D eigenvalue weighted by Crippen LogP contribution is -2.19. The lowest BCUT2D eigenvalue weighted by Gasteiger charge is -2.15. The number of amides is 1. The first kappa shape index (κ1) is 14.2. The van der Waals surface area contributed by atoms with Crippen LogP contribution in [0.2, 0.25) is 0 Å². The molecule has 3 rings (SSSR count). The Balaban J connectivity index is 1.61. The summed E-state index contributed by atoms with van der Waals surface area (Å²) in [4.78, 5) is 14.6. The Morgan fingerprint density at radius 3 is 2.81 bits per heavy atom. The number of primary amides is 1. The Bertz CT molecular complexity index is 638.